The standard InChI is InChI=1S/C13H12NO4.3CH3.Sn/c1-13(2,3)18-12(17)14-10(15)8-6-4-5-7-9(8)11(14)16;;;;/h4,6-7H,1-3H3;3*1H3;. The molecule has 0 bridgehead atoms. The summed E-state index contributed by atoms with van der Waals surface area (Å²) >= 11 is -2.36. The Morgan fingerprint density at radius 2 is 1.59 bits per heavy atom. The summed E-state index contributed by atoms with van der Waals surface area (Å²) in [5.41, 5.74) is -0.186. The van der Waals surface area contributed by atoms with Crippen LogP contribution in [0.2, 0.25) is 14.8 Å². The van der Waals surface area contributed by atoms with Gasteiger partial charge in [0.25, 0.3) is 0 Å². The van der Waals surface area contributed by atoms with Gasteiger partial charge in [-0.1, -0.05) is 0 Å². The maximum absolute atomic E-state index is 12.4. The molecule has 0 radical (unpaired) electrons. The van der Waals surface area contributed by atoms with Crippen LogP contribution in [0.25, 0.3) is 0 Å². The number of benzene rings is 1. The fourth-order valence-corrected chi connectivity index (χ4v) is 5.49. The zero-order chi connectivity index (χ0) is 16.9. The Morgan fingerprint density at radius 3 is 2.09 bits per heavy atom. The molecule has 1 aliphatic heterocycles. The van der Waals surface area contributed by atoms with Gasteiger partial charge in [-0.15, -0.1) is 0 Å². The van der Waals surface area contributed by atoms with Crippen LogP contribution in [0.4, 0.5) is 4.79 Å². The molecule has 0 aromatic heterocycles. The molecule has 0 atom stereocenters. The molecular weight excluding hydrogens is 389 g/mol. The molecule has 0 fully saturated rings. The van der Waals surface area contributed by atoms with Crippen molar-refractivity contribution < 1.29 is 19.1 Å². The molecule has 1 aliphatic rings. The summed E-state index contributed by atoms with van der Waals surface area (Å²) in [5, 5.41) is 0. The zero-order valence-electron chi connectivity index (χ0n) is 13.8. The van der Waals surface area contributed by atoms with Crippen LogP contribution >= 0.6 is 0 Å². The van der Waals surface area contributed by atoms with E-state index in [2.05, 4.69) is 14.8 Å². The number of fused-ring (bicyclic) bond motifs is 1. The molecule has 1 aromatic rings. The van der Waals surface area contributed by atoms with Gasteiger partial charge >= 0.3 is 134 Å². The van der Waals surface area contributed by atoms with Gasteiger partial charge in [0.2, 0.25) is 0 Å². The minimum absolute atomic E-state index is 0.273. The topological polar surface area (TPSA) is 63.7 Å². The van der Waals surface area contributed by atoms with Crippen molar-refractivity contribution in [2.24, 2.45) is 0 Å². The Labute approximate surface area is 134 Å². The molecule has 0 spiro atoms. The monoisotopic (exact) mass is 411 g/mol. The van der Waals surface area contributed by atoms with E-state index in [1.54, 1.807) is 32.9 Å². The fourth-order valence-electron chi connectivity index (χ4n) is 2.18. The Morgan fingerprint density at radius 1 is 1.05 bits per heavy atom. The first-order valence-electron chi connectivity index (χ1n) is 7.18. The number of rotatable bonds is 1. The van der Waals surface area contributed by atoms with Gasteiger partial charge in [-0.25, -0.2) is 0 Å². The molecule has 0 saturated heterocycles. The Hall–Kier alpha value is -1.37. The molecule has 0 saturated carbocycles. The third kappa shape index (κ3) is 3.19. The van der Waals surface area contributed by atoms with Gasteiger partial charge in [-0.05, 0) is 0 Å². The zero-order valence-corrected chi connectivity index (χ0v) is 16.7. The average molecular weight is 410 g/mol. The predicted octanol–water partition coefficient (Wildman–Crippen LogP) is 2.76. The van der Waals surface area contributed by atoms with E-state index in [4.69, 9.17) is 4.74 Å². The van der Waals surface area contributed by atoms with Crippen molar-refractivity contribution in [1.82, 2.24) is 4.90 Å². The Bertz CT molecular complexity index is 668. The quantitative estimate of drug-likeness (QED) is 0.528. The second-order valence-corrected chi connectivity index (χ2v) is 21.9. The second-order valence-electron chi connectivity index (χ2n) is 7.44. The maximum atomic E-state index is 12.4. The summed E-state index contributed by atoms with van der Waals surface area (Å²) in [4.78, 5) is 44.1. The molecule has 5 nitrogen and oxygen atoms in total. The van der Waals surface area contributed by atoms with Crippen LogP contribution in [0.5, 0.6) is 0 Å². The van der Waals surface area contributed by atoms with Gasteiger partial charge in [0.15, 0.2) is 0 Å². The molecular formula is C16H21NO4Sn. The molecule has 3 amide bonds. The minimum atomic E-state index is -2.36. The van der Waals surface area contributed by atoms with Crippen molar-refractivity contribution in [2.75, 3.05) is 0 Å². The molecule has 0 N–H and O–H groups in total. The van der Waals surface area contributed by atoms with E-state index in [-0.39, 0.29) is 5.56 Å². The number of amides is 3. The Balaban J connectivity index is 2.39. The molecule has 1 heterocycles. The third-order valence-electron chi connectivity index (χ3n) is 3.33. The number of ether oxygens (including phenoxy) is 1. The molecule has 118 valence electrons. The van der Waals surface area contributed by atoms with Crippen molar-refractivity contribution in [3.8, 4) is 0 Å². The van der Waals surface area contributed by atoms with E-state index in [9.17, 15) is 14.4 Å². The summed E-state index contributed by atoms with van der Waals surface area (Å²) in [5.74, 6) is -1.20. The summed E-state index contributed by atoms with van der Waals surface area (Å²) in [7, 11) is 0. The predicted molar refractivity (Wildman–Crippen MR) is 86.2 cm³/mol. The van der Waals surface area contributed by atoms with Crippen molar-refractivity contribution in [3.05, 3.63) is 29.3 Å². The molecule has 0 unspecified atom stereocenters. The van der Waals surface area contributed by atoms with Crippen LogP contribution in [-0.2, 0) is 4.74 Å². The van der Waals surface area contributed by atoms with Gasteiger partial charge < -0.3 is 0 Å². The van der Waals surface area contributed by atoms with Crippen LogP contribution in [0.1, 0.15) is 41.5 Å². The fraction of sp³-hybridized carbons (Fsp3) is 0.438. The van der Waals surface area contributed by atoms with Crippen LogP contribution in [0, 0.1) is 0 Å². The summed E-state index contributed by atoms with van der Waals surface area (Å²) < 4.78 is 6.29. The number of carbonyl (C=O) groups is 3. The van der Waals surface area contributed by atoms with Crippen LogP contribution in [0.15, 0.2) is 18.2 Å². The molecule has 0 aliphatic carbocycles. The molecule has 2 rings (SSSR count). The van der Waals surface area contributed by atoms with Gasteiger partial charge in [0, 0.05) is 0 Å². The van der Waals surface area contributed by atoms with Crippen LogP contribution in [-0.4, -0.2) is 46.8 Å². The average Bonchev–Trinajstić information content (AvgIpc) is 2.58. The number of hydrogen-bond donors (Lipinski definition) is 0. The number of imide groups is 3. The van der Waals surface area contributed by atoms with E-state index in [0.29, 0.717) is 10.5 Å². The first kappa shape index (κ1) is 17.0. The number of carbonyl (C=O) groups excluding carboxylic acids is 3. The number of hydrogen-bond acceptors (Lipinski definition) is 4. The SMILES string of the molecule is CC(C)(C)OC(=O)N1C(=O)c2cc[c]([Sn]([CH3])([CH3])[CH3])cc2C1=O. The molecule has 22 heavy (non-hydrogen) atoms. The van der Waals surface area contributed by atoms with E-state index in [1.165, 1.54) is 0 Å². The summed E-state index contributed by atoms with van der Waals surface area (Å²) in [6.07, 6.45) is -0.917. The van der Waals surface area contributed by atoms with E-state index >= 15 is 0 Å². The van der Waals surface area contributed by atoms with Crippen molar-refractivity contribution in [3.63, 3.8) is 0 Å². The van der Waals surface area contributed by atoms with Crippen LogP contribution < -0.4 is 3.58 Å². The van der Waals surface area contributed by atoms with E-state index in [1.807, 2.05) is 6.07 Å². The van der Waals surface area contributed by atoms with Crippen molar-refractivity contribution in [1.29, 1.82) is 0 Å². The molecule has 6 heteroatoms. The first-order chi connectivity index (χ1) is 9.92. The van der Waals surface area contributed by atoms with Crippen molar-refractivity contribution in [2.45, 2.75) is 41.2 Å². The summed E-state index contributed by atoms with van der Waals surface area (Å²) in [6, 6.07) is 5.33. The Kier molecular flexibility index (Phi) is 4.14. The second kappa shape index (κ2) is 5.37. The summed E-state index contributed by atoms with van der Waals surface area (Å²) in [6.45, 7) is 5.07. The molecule has 1 aromatic carbocycles. The van der Waals surface area contributed by atoms with Gasteiger partial charge in [-0.3, -0.25) is 0 Å². The van der Waals surface area contributed by atoms with E-state index in [0.717, 1.165) is 3.58 Å². The van der Waals surface area contributed by atoms with Gasteiger partial charge in [-0.2, -0.15) is 0 Å². The van der Waals surface area contributed by atoms with Gasteiger partial charge in [0.1, 0.15) is 0 Å². The first-order valence-corrected chi connectivity index (χ1v) is 17.2. The van der Waals surface area contributed by atoms with E-state index < -0.39 is 41.9 Å². The van der Waals surface area contributed by atoms with Crippen molar-refractivity contribution >= 4 is 39.9 Å². The third-order valence-corrected chi connectivity index (χ3v) is 9.16. The normalized spacial score (nSPS) is 15.1. The van der Waals surface area contributed by atoms with Crippen LogP contribution in [0.3, 0.4) is 0 Å². The van der Waals surface area contributed by atoms with Gasteiger partial charge in [0.05, 0.1) is 0 Å². The number of nitrogens with zero attached hydrogens (tertiary/aromatic N) is 1.